The zero-order valence-corrected chi connectivity index (χ0v) is 11.3. The molecule has 0 spiro atoms. The van der Waals surface area contributed by atoms with Crippen LogP contribution in [0.15, 0.2) is 30.3 Å². The number of likely N-dealkylation sites (tertiary alicyclic amines) is 1. The fraction of sp³-hybridized carbons (Fsp3) is 0.533. The van der Waals surface area contributed by atoms with Crippen LogP contribution in [0.5, 0.6) is 0 Å². The molecule has 1 fully saturated rings. The summed E-state index contributed by atoms with van der Waals surface area (Å²) >= 11 is 0. The molecule has 0 unspecified atom stereocenters. The van der Waals surface area contributed by atoms with Crippen LogP contribution in [0.25, 0.3) is 0 Å². The minimum atomic E-state index is -0.579. The molecule has 2 rings (SSSR count). The molecule has 0 bridgehead atoms. The van der Waals surface area contributed by atoms with Gasteiger partial charge in [0.15, 0.2) is 0 Å². The quantitative estimate of drug-likeness (QED) is 0.863. The van der Waals surface area contributed by atoms with Gasteiger partial charge >= 0.3 is 0 Å². The van der Waals surface area contributed by atoms with E-state index in [1.807, 2.05) is 42.2 Å². The topological polar surface area (TPSA) is 66.6 Å². The Morgan fingerprint density at radius 2 is 1.89 bits per heavy atom. The van der Waals surface area contributed by atoms with Crippen LogP contribution in [0, 0.1) is 5.92 Å². The number of rotatable bonds is 3. The average molecular weight is 262 g/mol. The first-order valence-electron chi connectivity index (χ1n) is 6.87. The van der Waals surface area contributed by atoms with Gasteiger partial charge in [0.05, 0.1) is 6.10 Å². The summed E-state index contributed by atoms with van der Waals surface area (Å²) in [6.45, 7) is 3.20. The third-order valence-corrected chi connectivity index (χ3v) is 3.96. The molecule has 1 aliphatic heterocycles. The second-order valence-electron chi connectivity index (χ2n) is 5.29. The highest BCUT2D eigenvalue weighted by Gasteiger charge is 2.28. The van der Waals surface area contributed by atoms with E-state index in [4.69, 9.17) is 5.73 Å². The highest BCUT2D eigenvalue weighted by Crippen LogP contribution is 2.22. The zero-order valence-electron chi connectivity index (χ0n) is 11.3. The van der Waals surface area contributed by atoms with Crippen LogP contribution in [0.4, 0.5) is 0 Å². The third-order valence-electron chi connectivity index (χ3n) is 3.96. The summed E-state index contributed by atoms with van der Waals surface area (Å²) in [4.78, 5) is 14.1. The molecule has 1 amide bonds. The molecule has 19 heavy (non-hydrogen) atoms. The van der Waals surface area contributed by atoms with Crippen molar-refractivity contribution in [3.05, 3.63) is 35.9 Å². The van der Waals surface area contributed by atoms with Crippen molar-refractivity contribution in [2.45, 2.75) is 31.9 Å². The number of amides is 1. The van der Waals surface area contributed by atoms with Crippen molar-refractivity contribution >= 4 is 5.91 Å². The van der Waals surface area contributed by atoms with Gasteiger partial charge in [-0.05, 0) is 31.2 Å². The van der Waals surface area contributed by atoms with E-state index in [2.05, 4.69) is 0 Å². The van der Waals surface area contributed by atoms with Crippen LogP contribution in [-0.2, 0) is 4.79 Å². The van der Waals surface area contributed by atoms with Gasteiger partial charge in [-0.2, -0.15) is 0 Å². The second kappa shape index (κ2) is 6.17. The lowest BCUT2D eigenvalue weighted by Gasteiger charge is -2.34. The molecule has 4 heteroatoms. The molecule has 104 valence electrons. The van der Waals surface area contributed by atoms with Gasteiger partial charge in [-0.25, -0.2) is 0 Å². The lowest BCUT2D eigenvalue weighted by molar-refractivity contribution is -0.134. The number of hydrogen-bond donors (Lipinski definition) is 2. The molecule has 1 heterocycles. The van der Waals surface area contributed by atoms with Crippen molar-refractivity contribution in [2.75, 3.05) is 13.1 Å². The van der Waals surface area contributed by atoms with E-state index >= 15 is 0 Å². The fourth-order valence-electron chi connectivity index (χ4n) is 2.60. The number of aliphatic hydroxyl groups excluding tert-OH is 1. The van der Waals surface area contributed by atoms with Gasteiger partial charge in [-0.1, -0.05) is 30.3 Å². The number of aliphatic hydroxyl groups is 1. The number of carbonyl (C=O) groups excluding carboxylic acids is 1. The van der Waals surface area contributed by atoms with Crippen molar-refractivity contribution in [3.63, 3.8) is 0 Å². The van der Waals surface area contributed by atoms with Crippen LogP contribution in [0.2, 0.25) is 0 Å². The van der Waals surface area contributed by atoms with Gasteiger partial charge in [0, 0.05) is 13.1 Å². The van der Waals surface area contributed by atoms with Gasteiger partial charge in [-0.15, -0.1) is 0 Å². The van der Waals surface area contributed by atoms with E-state index in [1.165, 1.54) is 0 Å². The summed E-state index contributed by atoms with van der Waals surface area (Å²) in [6.07, 6.45) is 1.41. The Balaban J connectivity index is 1.94. The second-order valence-corrected chi connectivity index (χ2v) is 5.29. The van der Waals surface area contributed by atoms with E-state index in [-0.39, 0.29) is 12.0 Å². The van der Waals surface area contributed by atoms with E-state index in [0.717, 1.165) is 18.4 Å². The number of nitrogens with zero attached hydrogens (tertiary/aromatic N) is 1. The number of benzene rings is 1. The molecule has 1 saturated heterocycles. The maximum atomic E-state index is 12.3. The van der Waals surface area contributed by atoms with Crippen molar-refractivity contribution in [2.24, 2.45) is 11.7 Å². The van der Waals surface area contributed by atoms with E-state index in [1.54, 1.807) is 0 Å². The van der Waals surface area contributed by atoms with Gasteiger partial charge < -0.3 is 15.7 Å². The number of hydrogen-bond acceptors (Lipinski definition) is 3. The van der Waals surface area contributed by atoms with Crippen molar-refractivity contribution in [3.8, 4) is 0 Å². The predicted octanol–water partition coefficient (Wildman–Crippen LogP) is 1.31. The molecule has 1 aliphatic rings. The number of nitrogens with two attached hydrogens (primary N) is 1. The Labute approximate surface area is 114 Å². The van der Waals surface area contributed by atoms with Crippen molar-refractivity contribution in [1.82, 2.24) is 4.90 Å². The molecule has 4 nitrogen and oxygen atoms in total. The Hall–Kier alpha value is -1.39. The molecule has 1 aromatic carbocycles. The molecule has 0 aliphatic carbocycles. The molecule has 0 aromatic heterocycles. The van der Waals surface area contributed by atoms with Crippen molar-refractivity contribution < 1.29 is 9.90 Å². The largest absolute Gasteiger partial charge is 0.393 e. The van der Waals surface area contributed by atoms with E-state index < -0.39 is 6.04 Å². The summed E-state index contributed by atoms with van der Waals surface area (Å²) < 4.78 is 0. The molecule has 1 aromatic rings. The molecule has 0 saturated carbocycles. The van der Waals surface area contributed by atoms with Crippen LogP contribution in [-0.4, -0.2) is 35.1 Å². The average Bonchev–Trinajstić information content (AvgIpc) is 2.46. The first-order chi connectivity index (χ1) is 9.09. The first kappa shape index (κ1) is 14.0. The smallest absolute Gasteiger partial charge is 0.244 e. The lowest BCUT2D eigenvalue weighted by atomic mass is 9.91. The Morgan fingerprint density at radius 3 is 2.42 bits per heavy atom. The maximum Gasteiger partial charge on any atom is 0.244 e. The normalized spacial score (nSPS) is 20.1. The highest BCUT2D eigenvalue weighted by atomic mass is 16.3. The van der Waals surface area contributed by atoms with Crippen LogP contribution in [0.1, 0.15) is 31.4 Å². The van der Waals surface area contributed by atoms with Gasteiger partial charge in [0.2, 0.25) is 5.91 Å². The lowest BCUT2D eigenvalue weighted by Crippen LogP contribution is -2.44. The fourth-order valence-corrected chi connectivity index (χ4v) is 2.60. The minimum absolute atomic E-state index is 0.0183. The van der Waals surface area contributed by atoms with Gasteiger partial charge in [0.25, 0.3) is 0 Å². The number of piperidine rings is 1. The molecular formula is C15H22N2O2. The Bertz CT molecular complexity index is 411. The molecule has 0 radical (unpaired) electrons. The molecule has 3 N–H and O–H groups in total. The minimum Gasteiger partial charge on any atom is -0.393 e. The highest BCUT2D eigenvalue weighted by molar-refractivity contribution is 5.83. The SMILES string of the molecule is C[C@@H](O)C1CCN(C(=O)[C@@H](N)c2ccccc2)CC1. The van der Waals surface area contributed by atoms with Crippen LogP contribution >= 0.6 is 0 Å². The van der Waals surface area contributed by atoms with Crippen LogP contribution < -0.4 is 5.73 Å². The van der Waals surface area contributed by atoms with Crippen LogP contribution in [0.3, 0.4) is 0 Å². The van der Waals surface area contributed by atoms with E-state index in [0.29, 0.717) is 19.0 Å². The summed E-state index contributed by atoms with van der Waals surface area (Å²) in [5.41, 5.74) is 6.88. The van der Waals surface area contributed by atoms with Crippen molar-refractivity contribution in [1.29, 1.82) is 0 Å². The number of carbonyl (C=O) groups is 1. The molecule has 2 atom stereocenters. The standard InChI is InChI=1S/C15H22N2O2/c1-11(18)12-7-9-17(10-8-12)15(19)14(16)13-5-3-2-4-6-13/h2-6,11-12,14,18H,7-10,16H2,1H3/t11-,14+/m1/s1. The summed E-state index contributed by atoms with van der Waals surface area (Å²) in [6, 6.07) is 8.87. The third kappa shape index (κ3) is 3.33. The van der Waals surface area contributed by atoms with E-state index in [9.17, 15) is 9.90 Å². The Morgan fingerprint density at radius 1 is 1.32 bits per heavy atom. The van der Waals surface area contributed by atoms with Gasteiger partial charge in [-0.3, -0.25) is 4.79 Å². The maximum absolute atomic E-state index is 12.3. The Kier molecular flexibility index (Phi) is 4.56. The molecular weight excluding hydrogens is 240 g/mol. The summed E-state index contributed by atoms with van der Waals surface area (Å²) in [7, 11) is 0. The zero-order chi connectivity index (χ0) is 13.8. The van der Waals surface area contributed by atoms with Gasteiger partial charge in [0.1, 0.15) is 6.04 Å². The monoisotopic (exact) mass is 262 g/mol. The first-order valence-corrected chi connectivity index (χ1v) is 6.87. The summed E-state index contributed by atoms with van der Waals surface area (Å²) in [5, 5.41) is 9.56. The summed E-state index contributed by atoms with van der Waals surface area (Å²) in [5.74, 6) is 0.284. The predicted molar refractivity (Wildman–Crippen MR) is 74.4 cm³/mol.